The number of amides is 2. The maximum Gasteiger partial charge on any atom is 0.339 e. The first-order valence-electron chi connectivity index (χ1n) is 8.44. The summed E-state index contributed by atoms with van der Waals surface area (Å²) in [5.41, 5.74) is 2.18. The molecule has 0 bridgehead atoms. The number of esters is 1. The first-order valence-corrected chi connectivity index (χ1v) is 9.32. The second kappa shape index (κ2) is 8.49. The average Bonchev–Trinajstić information content (AvgIpc) is 3.24. The number of rotatable bonds is 5. The molecular weight excluding hydrogens is 376 g/mol. The van der Waals surface area contributed by atoms with Crippen molar-refractivity contribution in [3.05, 3.63) is 81.5 Å². The van der Waals surface area contributed by atoms with Gasteiger partial charge in [0.25, 0.3) is 11.8 Å². The first kappa shape index (κ1) is 19.3. The molecule has 142 valence electrons. The van der Waals surface area contributed by atoms with Crippen LogP contribution in [0.4, 0.5) is 11.4 Å². The smallest absolute Gasteiger partial charge is 0.339 e. The highest BCUT2D eigenvalue weighted by molar-refractivity contribution is 7.12. The van der Waals surface area contributed by atoms with Gasteiger partial charge in [-0.05, 0) is 48.2 Å². The molecule has 1 heterocycles. The zero-order chi connectivity index (χ0) is 20.1. The number of anilines is 2. The van der Waals surface area contributed by atoms with Crippen molar-refractivity contribution < 1.29 is 19.1 Å². The molecule has 2 amide bonds. The summed E-state index contributed by atoms with van der Waals surface area (Å²) in [6, 6.07) is 15.2. The van der Waals surface area contributed by atoms with Crippen molar-refractivity contribution in [2.75, 3.05) is 17.7 Å². The predicted molar refractivity (Wildman–Crippen MR) is 109 cm³/mol. The molecule has 0 atom stereocenters. The second-order valence-corrected chi connectivity index (χ2v) is 6.85. The Hall–Kier alpha value is -3.45. The molecule has 3 aromatic rings. The second-order valence-electron chi connectivity index (χ2n) is 5.90. The van der Waals surface area contributed by atoms with Crippen molar-refractivity contribution >= 4 is 40.5 Å². The number of para-hydroxylation sites is 1. The number of nitrogens with one attached hydrogen (secondary N) is 2. The summed E-state index contributed by atoms with van der Waals surface area (Å²) < 4.78 is 4.75. The third-order valence-electron chi connectivity index (χ3n) is 4.15. The molecule has 3 rings (SSSR count). The van der Waals surface area contributed by atoms with Gasteiger partial charge in [0.1, 0.15) is 0 Å². The van der Waals surface area contributed by atoms with Gasteiger partial charge in [-0.25, -0.2) is 4.79 Å². The predicted octanol–water partition coefficient (Wildman–Crippen LogP) is 4.35. The van der Waals surface area contributed by atoms with Crippen molar-refractivity contribution in [3.63, 3.8) is 0 Å². The van der Waals surface area contributed by atoms with Gasteiger partial charge in [-0.15, -0.1) is 11.3 Å². The van der Waals surface area contributed by atoms with E-state index in [0.717, 1.165) is 0 Å². The van der Waals surface area contributed by atoms with Crippen molar-refractivity contribution in [1.29, 1.82) is 0 Å². The van der Waals surface area contributed by atoms with E-state index in [1.54, 1.807) is 61.5 Å². The lowest BCUT2D eigenvalue weighted by atomic mass is 10.1. The maximum atomic E-state index is 12.8. The summed E-state index contributed by atoms with van der Waals surface area (Å²) in [7, 11) is 1.28. The van der Waals surface area contributed by atoms with E-state index in [-0.39, 0.29) is 17.4 Å². The van der Waals surface area contributed by atoms with Crippen LogP contribution in [-0.2, 0) is 4.74 Å². The molecule has 2 N–H and O–H groups in total. The largest absolute Gasteiger partial charge is 0.465 e. The summed E-state index contributed by atoms with van der Waals surface area (Å²) in [5.74, 6) is -1.16. The van der Waals surface area contributed by atoms with Gasteiger partial charge in [0.15, 0.2) is 0 Å². The average molecular weight is 394 g/mol. The summed E-state index contributed by atoms with van der Waals surface area (Å²) in [6.45, 7) is 1.76. The van der Waals surface area contributed by atoms with E-state index in [0.29, 0.717) is 27.4 Å². The van der Waals surface area contributed by atoms with Gasteiger partial charge in [0.05, 0.1) is 23.2 Å². The standard InChI is InChI=1S/C21H18N2O4S/c1-13-14(8-5-10-16(13)22-20(25)18-11-6-12-28-18)19(24)23-17-9-4-3-7-15(17)21(26)27-2/h3-12H,1-2H3,(H,22,25)(H,23,24). The number of methoxy groups -OCH3 is 1. The molecule has 2 aromatic carbocycles. The Balaban J connectivity index is 1.84. The number of hydrogen-bond acceptors (Lipinski definition) is 5. The highest BCUT2D eigenvalue weighted by Gasteiger charge is 2.17. The van der Waals surface area contributed by atoms with Gasteiger partial charge in [-0.3, -0.25) is 9.59 Å². The van der Waals surface area contributed by atoms with Crippen LogP contribution in [0.25, 0.3) is 0 Å². The normalized spacial score (nSPS) is 10.2. The number of hydrogen-bond donors (Lipinski definition) is 2. The summed E-state index contributed by atoms with van der Waals surface area (Å²) in [4.78, 5) is 37.6. The fourth-order valence-electron chi connectivity index (χ4n) is 2.68. The third-order valence-corrected chi connectivity index (χ3v) is 5.02. The number of carbonyl (C=O) groups is 3. The summed E-state index contributed by atoms with van der Waals surface area (Å²) in [5, 5.41) is 7.39. The lowest BCUT2D eigenvalue weighted by molar-refractivity contribution is 0.0601. The zero-order valence-electron chi connectivity index (χ0n) is 15.3. The van der Waals surface area contributed by atoms with E-state index in [9.17, 15) is 14.4 Å². The number of carbonyl (C=O) groups excluding carboxylic acids is 3. The molecule has 28 heavy (non-hydrogen) atoms. The van der Waals surface area contributed by atoms with Gasteiger partial charge in [-0.1, -0.05) is 24.3 Å². The van der Waals surface area contributed by atoms with Crippen LogP contribution in [0.3, 0.4) is 0 Å². The Morgan fingerprint density at radius 2 is 1.50 bits per heavy atom. The van der Waals surface area contributed by atoms with E-state index in [1.165, 1.54) is 18.4 Å². The Kier molecular flexibility index (Phi) is 5.86. The quantitative estimate of drug-likeness (QED) is 0.630. The fraction of sp³-hybridized carbons (Fsp3) is 0.0952. The van der Waals surface area contributed by atoms with Crippen molar-refractivity contribution in [3.8, 4) is 0 Å². The SMILES string of the molecule is COC(=O)c1ccccc1NC(=O)c1cccc(NC(=O)c2cccs2)c1C. The molecule has 0 spiro atoms. The Labute approximate surface area is 166 Å². The zero-order valence-corrected chi connectivity index (χ0v) is 16.1. The Morgan fingerprint density at radius 1 is 0.821 bits per heavy atom. The lowest BCUT2D eigenvalue weighted by Crippen LogP contribution is -2.18. The molecule has 6 nitrogen and oxygen atoms in total. The molecule has 0 aliphatic carbocycles. The minimum atomic E-state index is -0.537. The van der Waals surface area contributed by atoms with Crippen LogP contribution >= 0.6 is 11.3 Å². The monoisotopic (exact) mass is 394 g/mol. The molecule has 0 aliphatic rings. The molecule has 7 heteroatoms. The van der Waals surface area contributed by atoms with E-state index in [2.05, 4.69) is 10.6 Å². The van der Waals surface area contributed by atoms with Gasteiger partial charge in [0, 0.05) is 11.3 Å². The van der Waals surface area contributed by atoms with Gasteiger partial charge >= 0.3 is 5.97 Å². The van der Waals surface area contributed by atoms with Gasteiger partial charge < -0.3 is 15.4 Å². The molecule has 1 aromatic heterocycles. The number of benzene rings is 2. The van der Waals surface area contributed by atoms with Crippen LogP contribution in [-0.4, -0.2) is 24.9 Å². The topological polar surface area (TPSA) is 84.5 Å². The van der Waals surface area contributed by atoms with Crippen LogP contribution in [0.5, 0.6) is 0 Å². The molecular formula is C21H18N2O4S. The Bertz CT molecular complexity index is 1030. The van der Waals surface area contributed by atoms with Gasteiger partial charge in [0.2, 0.25) is 0 Å². The minimum absolute atomic E-state index is 0.230. The molecule has 0 fully saturated rings. The highest BCUT2D eigenvalue weighted by Crippen LogP contribution is 2.23. The van der Waals surface area contributed by atoms with E-state index < -0.39 is 5.97 Å². The first-order chi connectivity index (χ1) is 13.5. The molecule has 0 saturated carbocycles. The van der Waals surface area contributed by atoms with Crippen molar-refractivity contribution in [1.82, 2.24) is 0 Å². The molecule has 0 aliphatic heterocycles. The minimum Gasteiger partial charge on any atom is -0.465 e. The molecule has 0 saturated heterocycles. The number of thiophene rings is 1. The third kappa shape index (κ3) is 4.10. The van der Waals surface area contributed by atoms with Crippen LogP contribution in [0, 0.1) is 6.92 Å². The Morgan fingerprint density at radius 3 is 2.21 bits per heavy atom. The molecule has 0 radical (unpaired) electrons. The van der Waals surface area contributed by atoms with Gasteiger partial charge in [-0.2, -0.15) is 0 Å². The molecule has 0 unspecified atom stereocenters. The summed E-state index contributed by atoms with van der Waals surface area (Å²) >= 11 is 1.34. The van der Waals surface area contributed by atoms with E-state index in [4.69, 9.17) is 4.74 Å². The van der Waals surface area contributed by atoms with Crippen LogP contribution in [0.15, 0.2) is 60.0 Å². The fourth-order valence-corrected chi connectivity index (χ4v) is 3.30. The van der Waals surface area contributed by atoms with Crippen LogP contribution < -0.4 is 10.6 Å². The van der Waals surface area contributed by atoms with E-state index in [1.807, 2.05) is 5.38 Å². The van der Waals surface area contributed by atoms with Crippen LogP contribution in [0.1, 0.15) is 36.0 Å². The van der Waals surface area contributed by atoms with E-state index >= 15 is 0 Å². The number of ether oxygens (including phenoxy) is 1. The van der Waals surface area contributed by atoms with Crippen molar-refractivity contribution in [2.45, 2.75) is 6.92 Å². The highest BCUT2D eigenvalue weighted by atomic mass is 32.1. The lowest BCUT2D eigenvalue weighted by Gasteiger charge is -2.14. The maximum absolute atomic E-state index is 12.8. The summed E-state index contributed by atoms with van der Waals surface area (Å²) in [6.07, 6.45) is 0. The van der Waals surface area contributed by atoms with Crippen LogP contribution in [0.2, 0.25) is 0 Å². The van der Waals surface area contributed by atoms with Crippen molar-refractivity contribution in [2.24, 2.45) is 0 Å².